The molecular formula is C24H29ClN2O. The van der Waals surface area contributed by atoms with Crippen LogP contribution in [0, 0.1) is 0 Å². The lowest BCUT2D eigenvalue weighted by Crippen LogP contribution is -2.26. The first kappa shape index (κ1) is 20.5. The molecule has 0 unspecified atom stereocenters. The average molecular weight is 397 g/mol. The molecule has 0 saturated carbocycles. The third-order valence-corrected chi connectivity index (χ3v) is 5.51. The van der Waals surface area contributed by atoms with Crippen molar-refractivity contribution in [3.8, 4) is 0 Å². The molecule has 3 aromatic rings. The van der Waals surface area contributed by atoms with E-state index in [-0.39, 0.29) is 11.8 Å². The lowest BCUT2D eigenvalue weighted by molar-refractivity contribution is -0.121. The van der Waals surface area contributed by atoms with E-state index >= 15 is 0 Å². The van der Waals surface area contributed by atoms with Gasteiger partial charge in [-0.05, 0) is 42.7 Å². The largest absolute Gasteiger partial charge is 0.356 e. The molecule has 1 aromatic heterocycles. The van der Waals surface area contributed by atoms with Crippen molar-refractivity contribution >= 4 is 28.4 Å². The normalized spacial score (nSPS) is 12.2. The van der Waals surface area contributed by atoms with E-state index < -0.39 is 0 Å². The van der Waals surface area contributed by atoms with Gasteiger partial charge in [0.1, 0.15) is 0 Å². The zero-order valence-corrected chi connectivity index (χ0v) is 17.5. The van der Waals surface area contributed by atoms with Crippen molar-refractivity contribution in [2.45, 2.75) is 52.0 Å². The summed E-state index contributed by atoms with van der Waals surface area (Å²) in [5.74, 6) is 0.0667. The van der Waals surface area contributed by atoms with Crippen LogP contribution in [0.1, 0.15) is 56.6 Å². The molecule has 0 aliphatic heterocycles. The van der Waals surface area contributed by atoms with Crippen LogP contribution in [0.25, 0.3) is 10.9 Å². The van der Waals surface area contributed by atoms with Gasteiger partial charge >= 0.3 is 0 Å². The van der Waals surface area contributed by atoms with Gasteiger partial charge in [-0.25, -0.2) is 0 Å². The summed E-state index contributed by atoms with van der Waals surface area (Å²) in [6.45, 7) is 5.95. The van der Waals surface area contributed by atoms with E-state index in [0.29, 0.717) is 11.4 Å². The first-order chi connectivity index (χ1) is 13.6. The summed E-state index contributed by atoms with van der Waals surface area (Å²) >= 11 is 6.28. The maximum atomic E-state index is 12.7. The summed E-state index contributed by atoms with van der Waals surface area (Å²) in [5, 5.41) is 4.99. The highest BCUT2D eigenvalue weighted by Gasteiger charge is 2.22. The zero-order chi connectivity index (χ0) is 19.9. The lowest BCUT2D eigenvalue weighted by atomic mass is 9.88. The van der Waals surface area contributed by atoms with Crippen LogP contribution < -0.4 is 5.32 Å². The van der Waals surface area contributed by atoms with Gasteiger partial charge in [-0.3, -0.25) is 4.79 Å². The maximum absolute atomic E-state index is 12.7. The summed E-state index contributed by atoms with van der Waals surface area (Å²) in [4.78, 5) is 12.7. The van der Waals surface area contributed by atoms with Crippen molar-refractivity contribution in [1.29, 1.82) is 0 Å². The molecule has 1 N–H and O–H groups in total. The molecule has 0 aliphatic rings. The molecule has 0 bridgehead atoms. The Bertz CT molecular complexity index is 931. The Morgan fingerprint density at radius 2 is 1.93 bits per heavy atom. The number of unbranched alkanes of at least 4 members (excludes halogenated alkanes) is 2. The van der Waals surface area contributed by atoms with Gasteiger partial charge in [-0.15, -0.1) is 0 Å². The second-order valence-corrected chi connectivity index (χ2v) is 7.69. The molecule has 0 fully saturated rings. The fourth-order valence-corrected chi connectivity index (χ4v) is 4.00. The molecular weight excluding hydrogens is 368 g/mol. The Hall–Kier alpha value is -2.26. The van der Waals surface area contributed by atoms with Crippen LogP contribution in [0.3, 0.4) is 0 Å². The van der Waals surface area contributed by atoms with Crippen molar-refractivity contribution in [2.75, 3.05) is 6.54 Å². The fourth-order valence-electron chi connectivity index (χ4n) is 3.81. The number of fused-ring (bicyclic) bond motifs is 1. The quantitative estimate of drug-likeness (QED) is 0.433. The fraction of sp³-hybridized carbons (Fsp3) is 0.375. The monoisotopic (exact) mass is 396 g/mol. The van der Waals surface area contributed by atoms with Crippen LogP contribution in [0.5, 0.6) is 0 Å². The number of rotatable bonds is 9. The highest BCUT2D eigenvalue weighted by molar-refractivity contribution is 6.30. The first-order valence-corrected chi connectivity index (χ1v) is 10.6. The summed E-state index contributed by atoms with van der Waals surface area (Å²) in [6.07, 6.45) is 5.93. The Labute approximate surface area is 172 Å². The number of para-hydroxylation sites is 1. The van der Waals surface area contributed by atoms with Gasteiger partial charge in [0.05, 0.1) is 0 Å². The molecule has 1 heterocycles. The molecule has 0 aliphatic carbocycles. The first-order valence-electron chi connectivity index (χ1n) is 10.2. The number of halogens is 1. The van der Waals surface area contributed by atoms with Gasteiger partial charge in [-0.1, -0.05) is 61.7 Å². The minimum Gasteiger partial charge on any atom is -0.356 e. The summed E-state index contributed by atoms with van der Waals surface area (Å²) in [5.41, 5.74) is 3.47. The van der Waals surface area contributed by atoms with Crippen LogP contribution in [-0.2, 0) is 11.3 Å². The summed E-state index contributed by atoms with van der Waals surface area (Å²) in [7, 11) is 0. The molecule has 3 rings (SSSR count). The molecule has 4 heteroatoms. The summed E-state index contributed by atoms with van der Waals surface area (Å²) in [6, 6.07) is 16.3. The third kappa shape index (κ3) is 4.77. The van der Waals surface area contributed by atoms with Gasteiger partial charge in [0.2, 0.25) is 5.91 Å². The van der Waals surface area contributed by atoms with Crippen LogP contribution >= 0.6 is 11.6 Å². The summed E-state index contributed by atoms with van der Waals surface area (Å²) < 4.78 is 2.25. The van der Waals surface area contributed by atoms with Crippen molar-refractivity contribution < 1.29 is 4.79 Å². The van der Waals surface area contributed by atoms with E-state index in [2.05, 4.69) is 60.3 Å². The topological polar surface area (TPSA) is 34.0 Å². The van der Waals surface area contributed by atoms with Gasteiger partial charge in [0.15, 0.2) is 0 Å². The minimum atomic E-state index is -0.0254. The predicted molar refractivity (Wildman–Crippen MR) is 118 cm³/mol. The van der Waals surface area contributed by atoms with Crippen LogP contribution in [0.15, 0.2) is 54.7 Å². The van der Waals surface area contributed by atoms with Crippen LogP contribution in [0.4, 0.5) is 0 Å². The van der Waals surface area contributed by atoms with Crippen LogP contribution in [0.2, 0.25) is 5.02 Å². The van der Waals surface area contributed by atoms with Gasteiger partial charge in [0, 0.05) is 47.6 Å². The van der Waals surface area contributed by atoms with Crippen LogP contribution in [-0.4, -0.2) is 17.0 Å². The van der Waals surface area contributed by atoms with Gasteiger partial charge in [-0.2, -0.15) is 0 Å². The maximum Gasteiger partial charge on any atom is 0.220 e. The molecule has 1 amide bonds. The minimum absolute atomic E-state index is 0.0254. The molecule has 0 radical (unpaired) electrons. The molecule has 0 saturated heterocycles. The Morgan fingerprint density at radius 3 is 2.68 bits per heavy atom. The standard InChI is InChI=1S/C24H29ClN2O/c1-3-5-8-14-26-24(28)16-21(18-10-9-11-19(25)15-18)22-17-27(4-2)23-13-7-6-12-20(22)23/h6-7,9-13,15,17,21H,3-5,8,14,16H2,1-2H3,(H,26,28)/t21-/m0/s1. The molecule has 2 aromatic carbocycles. The van der Waals surface area contributed by atoms with E-state index in [9.17, 15) is 4.79 Å². The molecule has 3 nitrogen and oxygen atoms in total. The number of nitrogens with one attached hydrogen (secondary N) is 1. The van der Waals surface area contributed by atoms with E-state index in [1.54, 1.807) is 0 Å². The Balaban J connectivity index is 1.94. The van der Waals surface area contributed by atoms with Crippen molar-refractivity contribution in [1.82, 2.24) is 9.88 Å². The number of nitrogens with zero attached hydrogens (tertiary/aromatic N) is 1. The van der Waals surface area contributed by atoms with Crippen molar-refractivity contribution in [3.05, 3.63) is 70.9 Å². The highest BCUT2D eigenvalue weighted by atomic mass is 35.5. The SMILES string of the molecule is CCCCCNC(=O)C[C@@H](c1cccc(Cl)c1)c1cn(CC)c2ccccc12. The van der Waals surface area contributed by atoms with E-state index in [1.807, 2.05) is 18.2 Å². The molecule has 0 spiro atoms. The number of carbonyl (C=O) groups excluding carboxylic acids is 1. The second-order valence-electron chi connectivity index (χ2n) is 7.26. The molecule has 148 valence electrons. The third-order valence-electron chi connectivity index (χ3n) is 5.28. The van der Waals surface area contributed by atoms with Gasteiger partial charge in [0.25, 0.3) is 0 Å². The Morgan fingerprint density at radius 1 is 1.11 bits per heavy atom. The van der Waals surface area contributed by atoms with E-state index in [0.717, 1.165) is 37.9 Å². The molecule has 28 heavy (non-hydrogen) atoms. The Kier molecular flexibility index (Phi) is 7.16. The number of hydrogen-bond acceptors (Lipinski definition) is 1. The van der Waals surface area contributed by atoms with E-state index in [4.69, 9.17) is 11.6 Å². The van der Waals surface area contributed by atoms with Crippen molar-refractivity contribution in [3.63, 3.8) is 0 Å². The number of benzene rings is 2. The van der Waals surface area contributed by atoms with Gasteiger partial charge < -0.3 is 9.88 Å². The molecule has 1 atom stereocenters. The number of amides is 1. The zero-order valence-electron chi connectivity index (χ0n) is 16.7. The number of aromatic nitrogens is 1. The number of aryl methyl sites for hydroxylation is 1. The van der Waals surface area contributed by atoms with E-state index in [1.165, 1.54) is 16.5 Å². The smallest absolute Gasteiger partial charge is 0.220 e. The highest BCUT2D eigenvalue weighted by Crippen LogP contribution is 2.35. The van der Waals surface area contributed by atoms with Crippen molar-refractivity contribution in [2.24, 2.45) is 0 Å². The number of hydrogen-bond donors (Lipinski definition) is 1. The predicted octanol–water partition coefficient (Wildman–Crippen LogP) is 6.14. The lowest BCUT2D eigenvalue weighted by Gasteiger charge is -2.17. The number of carbonyl (C=O) groups is 1. The second kappa shape index (κ2) is 9.79. The average Bonchev–Trinajstić information content (AvgIpc) is 3.08.